The average Bonchev–Trinajstić information content (AvgIpc) is 3.11. The first-order valence-corrected chi connectivity index (χ1v) is 8.07. The van der Waals surface area contributed by atoms with Crippen LogP contribution in [0.2, 0.25) is 0 Å². The monoisotopic (exact) mass is 343 g/mol. The molecule has 0 aliphatic carbocycles. The first-order valence-electron chi connectivity index (χ1n) is 8.07. The second-order valence-corrected chi connectivity index (χ2v) is 5.93. The van der Waals surface area contributed by atoms with Gasteiger partial charge in [0.05, 0.1) is 24.1 Å². The molecule has 0 fully saturated rings. The number of ether oxygens (including phenoxy) is 1. The summed E-state index contributed by atoms with van der Waals surface area (Å²) < 4.78 is 23.2. The Kier molecular flexibility index (Phi) is 4.85. The maximum absolute atomic E-state index is 14.4. The molecule has 0 saturated carbocycles. The molecule has 1 aromatic carbocycles. The third-order valence-electron chi connectivity index (χ3n) is 4.21. The van der Waals surface area contributed by atoms with Crippen LogP contribution in [-0.4, -0.2) is 26.4 Å². The summed E-state index contributed by atoms with van der Waals surface area (Å²) in [5.74, 6) is 1.22. The van der Waals surface area contributed by atoms with Crippen LogP contribution >= 0.6 is 0 Å². The SMILES string of the molecule is COc1c(CNCc2ccc(-n3ccnc3C)c(F)c2)c(C)nn1C. The van der Waals surface area contributed by atoms with Gasteiger partial charge in [-0.1, -0.05) is 6.07 Å². The van der Waals surface area contributed by atoms with Crippen molar-refractivity contribution in [3.8, 4) is 11.6 Å². The molecular weight excluding hydrogens is 321 g/mol. The molecule has 0 spiro atoms. The van der Waals surface area contributed by atoms with E-state index in [9.17, 15) is 4.39 Å². The number of halogens is 1. The number of aromatic nitrogens is 4. The van der Waals surface area contributed by atoms with Crippen LogP contribution in [0.3, 0.4) is 0 Å². The first kappa shape index (κ1) is 17.2. The molecule has 7 heteroatoms. The number of nitrogens with one attached hydrogen (secondary N) is 1. The summed E-state index contributed by atoms with van der Waals surface area (Å²) in [5, 5.41) is 7.67. The summed E-state index contributed by atoms with van der Waals surface area (Å²) in [7, 11) is 3.48. The average molecular weight is 343 g/mol. The van der Waals surface area contributed by atoms with E-state index in [1.807, 2.05) is 27.0 Å². The van der Waals surface area contributed by atoms with Gasteiger partial charge in [-0.05, 0) is 31.5 Å². The predicted molar refractivity (Wildman–Crippen MR) is 93.3 cm³/mol. The maximum Gasteiger partial charge on any atom is 0.216 e. The Morgan fingerprint density at radius 3 is 2.68 bits per heavy atom. The Labute approximate surface area is 146 Å². The molecule has 0 bridgehead atoms. The van der Waals surface area contributed by atoms with Gasteiger partial charge in [-0.15, -0.1) is 0 Å². The second-order valence-electron chi connectivity index (χ2n) is 5.93. The molecule has 0 aliphatic heterocycles. The molecule has 0 saturated heterocycles. The van der Waals surface area contributed by atoms with Gasteiger partial charge in [0.25, 0.3) is 0 Å². The molecule has 0 unspecified atom stereocenters. The van der Waals surface area contributed by atoms with Gasteiger partial charge in [-0.2, -0.15) is 5.10 Å². The van der Waals surface area contributed by atoms with Crippen molar-refractivity contribution in [2.75, 3.05) is 7.11 Å². The number of aryl methyl sites for hydroxylation is 3. The van der Waals surface area contributed by atoms with E-state index in [0.29, 0.717) is 18.8 Å². The van der Waals surface area contributed by atoms with Crippen LogP contribution in [0.1, 0.15) is 22.6 Å². The molecule has 0 atom stereocenters. The molecule has 25 heavy (non-hydrogen) atoms. The lowest BCUT2D eigenvalue weighted by atomic mass is 10.2. The number of methoxy groups -OCH3 is 1. The van der Waals surface area contributed by atoms with Crippen molar-refractivity contribution in [1.82, 2.24) is 24.6 Å². The zero-order valence-electron chi connectivity index (χ0n) is 14.9. The van der Waals surface area contributed by atoms with Crippen molar-refractivity contribution in [2.24, 2.45) is 7.05 Å². The Morgan fingerprint density at radius 2 is 2.04 bits per heavy atom. The van der Waals surface area contributed by atoms with Crippen LogP contribution in [0, 0.1) is 19.7 Å². The van der Waals surface area contributed by atoms with Crippen LogP contribution in [0.25, 0.3) is 5.69 Å². The lowest BCUT2D eigenvalue weighted by Gasteiger charge is -2.10. The zero-order valence-corrected chi connectivity index (χ0v) is 14.9. The molecule has 3 aromatic rings. The fourth-order valence-corrected chi connectivity index (χ4v) is 2.96. The van der Waals surface area contributed by atoms with E-state index in [0.717, 1.165) is 28.5 Å². The fraction of sp³-hybridized carbons (Fsp3) is 0.333. The standard InChI is InChI=1S/C18H22FN5O/c1-12-15(18(25-4)23(3)22-12)11-20-10-14-5-6-17(16(19)9-14)24-8-7-21-13(24)2/h5-9,20H,10-11H2,1-4H3. The van der Waals surface area contributed by atoms with Gasteiger partial charge in [0.2, 0.25) is 5.88 Å². The third-order valence-corrected chi connectivity index (χ3v) is 4.21. The molecular formula is C18H22FN5O. The third kappa shape index (κ3) is 3.41. The Bertz CT molecular complexity index is 884. The number of rotatable bonds is 6. The van der Waals surface area contributed by atoms with E-state index >= 15 is 0 Å². The summed E-state index contributed by atoms with van der Waals surface area (Å²) in [4.78, 5) is 4.13. The van der Waals surface area contributed by atoms with Crippen molar-refractivity contribution in [1.29, 1.82) is 0 Å². The highest BCUT2D eigenvalue weighted by Crippen LogP contribution is 2.21. The molecule has 2 aromatic heterocycles. The fourth-order valence-electron chi connectivity index (χ4n) is 2.96. The van der Waals surface area contributed by atoms with Crippen molar-refractivity contribution in [2.45, 2.75) is 26.9 Å². The molecule has 0 amide bonds. The molecule has 0 radical (unpaired) electrons. The van der Waals surface area contributed by atoms with Crippen LogP contribution in [0.15, 0.2) is 30.6 Å². The highest BCUT2D eigenvalue weighted by atomic mass is 19.1. The molecule has 2 heterocycles. The smallest absolute Gasteiger partial charge is 0.216 e. The summed E-state index contributed by atoms with van der Waals surface area (Å²) in [6, 6.07) is 5.24. The number of nitrogens with zero attached hydrogens (tertiary/aromatic N) is 4. The van der Waals surface area contributed by atoms with Crippen molar-refractivity contribution in [3.63, 3.8) is 0 Å². The maximum atomic E-state index is 14.4. The number of hydrogen-bond donors (Lipinski definition) is 1. The highest BCUT2D eigenvalue weighted by Gasteiger charge is 2.13. The minimum Gasteiger partial charge on any atom is -0.481 e. The number of hydrogen-bond acceptors (Lipinski definition) is 4. The van der Waals surface area contributed by atoms with Gasteiger partial charge in [-0.25, -0.2) is 14.1 Å². The Hall–Kier alpha value is -2.67. The van der Waals surface area contributed by atoms with Crippen LogP contribution in [0.4, 0.5) is 4.39 Å². The summed E-state index contributed by atoms with van der Waals surface area (Å²) in [6.07, 6.45) is 3.41. The lowest BCUT2D eigenvalue weighted by molar-refractivity contribution is 0.368. The minimum atomic E-state index is -0.268. The Morgan fingerprint density at radius 1 is 1.24 bits per heavy atom. The van der Waals surface area contributed by atoms with Crippen LogP contribution in [0.5, 0.6) is 5.88 Å². The minimum absolute atomic E-state index is 0.268. The van der Waals surface area contributed by atoms with Gasteiger partial charge < -0.3 is 14.6 Å². The summed E-state index contributed by atoms with van der Waals surface area (Å²) in [5.41, 5.74) is 3.31. The normalized spacial score (nSPS) is 11.1. The van der Waals surface area contributed by atoms with E-state index in [2.05, 4.69) is 15.4 Å². The van der Waals surface area contributed by atoms with E-state index in [4.69, 9.17) is 4.74 Å². The van der Waals surface area contributed by atoms with Gasteiger partial charge in [0.1, 0.15) is 11.6 Å². The lowest BCUT2D eigenvalue weighted by Crippen LogP contribution is -2.14. The second kappa shape index (κ2) is 7.06. The first-order chi connectivity index (χ1) is 12.0. The topological polar surface area (TPSA) is 56.9 Å². The molecule has 0 aliphatic rings. The molecule has 1 N–H and O–H groups in total. The van der Waals surface area contributed by atoms with E-state index in [1.54, 1.807) is 40.9 Å². The van der Waals surface area contributed by atoms with Crippen LogP contribution < -0.4 is 10.1 Å². The quantitative estimate of drug-likeness (QED) is 0.748. The Balaban J connectivity index is 1.69. The van der Waals surface area contributed by atoms with E-state index in [1.165, 1.54) is 0 Å². The molecule has 3 rings (SSSR count). The van der Waals surface area contributed by atoms with Crippen molar-refractivity contribution < 1.29 is 9.13 Å². The molecule has 132 valence electrons. The number of imidazole rings is 1. The van der Waals surface area contributed by atoms with Crippen LogP contribution in [-0.2, 0) is 20.1 Å². The predicted octanol–water partition coefficient (Wildman–Crippen LogP) is 2.66. The van der Waals surface area contributed by atoms with E-state index in [-0.39, 0.29) is 5.82 Å². The van der Waals surface area contributed by atoms with Gasteiger partial charge in [-0.3, -0.25) is 0 Å². The van der Waals surface area contributed by atoms with Crippen molar-refractivity contribution in [3.05, 3.63) is 59.1 Å². The summed E-state index contributed by atoms with van der Waals surface area (Å²) >= 11 is 0. The zero-order chi connectivity index (χ0) is 18.0. The van der Waals surface area contributed by atoms with Gasteiger partial charge in [0.15, 0.2) is 0 Å². The van der Waals surface area contributed by atoms with Gasteiger partial charge in [0, 0.05) is 32.5 Å². The largest absolute Gasteiger partial charge is 0.481 e. The van der Waals surface area contributed by atoms with Crippen molar-refractivity contribution >= 4 is 0 Å². The number of benzene rings is 1. The van der Waals surface area contributed by atoms with Gasteiger partial charge >= 0.3 is 0 Å². The van der Waals surface area contributed by atoms with E-state index < -0.39 is 0 Å². The summed E-state index contributed by atoms with van der Waals surface area (Å²) in [6.45, 7) is 4.95. The highest BCUT2D eigenvalue weighted by molar-refractivity contribution is 5.38. The molecule has 6 nitrogen and oxygen atoms in total.